The van der Waals surface area contributed by atoms with Crippen molar-refractivity contribution in [2.75, 3.05) is 0 Å². The highest BCUT2D eigenvalue weighted by molar-refractivity contribution is 7.17. The lowest BCUT2D eigenvalue weighted by molar-refractivity contribution is 0.143. The molecule has 0 aromatic carbocycles. The number of fused-ring (bicyclic) bond motifs is 1. The van der Waals surface area contributed by atoms with Crippen LogP contribution in [-0.2, 0) is 0 Å². The zero-order valence-corrected chi connectivity index (χ0v) is 10.4. The summed E-state index contributed by atoms with van der Waals surface area (Å²) >= 11 is 1.63. The zero-order valence-electron chi connectivity index (χ0n) is 9.53. The minimum atomic E-state index is -0.949. The molecule has 0 aliphatic heterocycles. The third kappa shape index (κ3) is 2.24. The Balaban J connectivity index is 2.57. The average Bonchev–Trinajstić information content (AvgIpc) is 2.58. The lowest BCUT2D eigenvalue weighted by Gasteiger charge is -2.05. The number of aryl methyl sites for hydroxylation is 1. The van der Waals surface area contributed by atoms with E-state index >= 15 is 0 Å². The third-order valence-electron chi connectivity index (χ3n) is 2.18. The van der Waals surface area contributed by atoms with Gasteiger partial charge in [0.15, 0.2) is 0 Å². The monoisotopic (exact) mass is 231 g/mol. The summed E-state index contributed by atoms with van der Waals surface area (Å²) in [5.74, 6) is 5.87. The quantitative estimate of drug-likeness (QED) is 0.707. The summed E-state index contributed by atoms with van der Waals surface area (Å²) in [6.07, 6.45) is 3.69. The van der Waals surface area contributed by atoms with Gasteiger partial charge in [-0.25, -0.2) is 0 Å². The van der Waals surface area contributed by atoms with Crippen LogP contribution in [0.3, 0.4) is 0 Å². The van der Waals surface area contributed by atoms with Crippen LogP contribution in [0.25, 0.3) is 10.1 Å². The number of hydrogen-bond acceptors (Lipinski definition) is 3. The van der Waals surface area contributed by atoms with Crippen molar-refractivity contribution >= 4 is 21.4 Å². The Hall–Kier alpha value is -1.37. The molecule has 0 atom stereocenters. The third-order valence-corrected chi connectivity index (χ3v) is 3.09. The van der Waals surface area contributed by atoms with Crippen molar-refractivity contribution in [1.82, 2.24) is 4.98 Å². The van der Waals surface area contributed by atoms with E-state index in [1.165, 1.54) is 0 Å². The van der Waals surface area contributed by atoms with Crippen LogP contribution in [0.2, 0.25) is 0 Å². The summed E-state index contributed by atoms with van der Waals surface area (Å²) in [5.41, 5.74) is 1.15. The highest BCUT2D eigenvalue weighted by Crippen LogP contribution is 2.27. The molecule has 0 saturated carbocycles. The van der Waals surface area contributed by atoms with Crippen LogP contribution < -0.4 is 0 Å². The van der Waals surface area contributed by atoms with E-state index in [1.807, 2.05) is 24.7 Å². The number of hydrogen-bond donors (Lipinski definition) is 1. The minimum Gasteiger partial charge on any atom is -0.378 e. The van der Waals surface area contributed by atoms with Gasteiger partial charge in [-0.15, -0.1) is 11.3 Å². The second kappa shape index (κ2) is 3.89. The number of pyridine rings is 1. The van der Waals surface area contributed by atoms with Gasteiger partial charge in [-0.3, -0.25) is 4.98 Å². The summed E-state index contributed by atoms with van der Waals surface area (Å²) in [5, 5.41) is 12.7. The van der Waals surface area contributed by atoms with Gasteiger partial charge in [0.2, 0.25) is 0 Å². The fourth-order valence-electron chi connectivity index (χ4n) is 1.47. The van der Waals surface area contributed by atoms with Crippen molar-refractivity contribution in [1.29, 1.82) is 0 Å². The van der Waals surface area contributed by atoms with Gasteiger partial charge in [0.05, 0.1) is 4.70 Å². The average molecular weight is 231 g/mol. The molecule has 0 aliphatic rings. The molecule has 0 unspecified atom stereocenters. The Morgan fingerprint density at radius 1 is 1.38 bits per heavy atom. The van der Waals surface area contributed by atoms with E-state index in [-0.39, 0.29) is 0 Å². The fourth-order valence-corrected chi connectivity index (χ4v) is 2.40. The number of nitrogens with zero attached hydrogens (tertiary/aromatic N) is 1. The van der Waals surface area contributed by atoms with Crippen LogP contribution in [0.1, 0.15) is 25.0 Å². The molecular formula is C13H13NOS. The molecule has 2 heterocycles. The van der Waals surface area contributed by atoms with Gasteiger partial charge < -0.3 is 5.11 Å². The van der Waals surface area contributed by atoms with E-state index in [0.29, 0.717) is 0 Å². The smallest absolute Gasteiger partial charge is 0.120 e. The van der Waals surface area contributed by atoms with Gasteiger partial charge in [-0.05, 0) is 26.3 Å². The summed E-state index contributed by atoms with van der Waals surface area (Å²) in [4.78, 5) is 4.15. The zero-order chi connectivity index (χ0) is 11.8. The summed E-state index contributed by atoms with van der Waals surface area (Å²) in [7, 11) is 0. The van der Waals surface area contributed by atoms with Crippen molar-refractivity contribution in [2.45, 2.75) is 26.4 Å². The summed E-state index contributed by atoms with van der Waals surface area (Å²) in [6, 6.07) is 0. The second-order valence-electron chi connectivity index (χ2n) is 4.29. The first-order valence-corrected chi connectivity index (χ1v) is 5.93. The predicted molar refractivity (Wildman–Crippen MR) is 67.5 cm³/mol. The standard InChI is InChI=1S/C13H13NOS/c1-9-6-14-7-11-12(9)10(8-16-11)4-5-13(2,3)15/h6-8,15H,1-3H3. The summed E-state index contributed by atoms with van der Waals surface area (Å²) in [6.45, 7) is 5.39. The Labute approximate surface area is 99.0 Å². The van der Waals surface area contributed by atoms with Crippen LogP contribution in [0, 0.1) is 18.8 Å². The SMILES string of the molecule is Cc1cncc2scc(C#CC(C)(C)O)c12. The molecule has 0 radical (unpaired) electrons. The van der Waals surface area contributed by atoms with Gasteiger partial charge >= 0.3 is 0 Å². The molecule has 0 amide bonds. The van der Waals surface area contributed by atoms with Crippen molar-refractivity contribution in [3.8, 4) is 11.8 Å². The molecular weight excluding hydrogens is 218 g/mol. The largest absolute Gasteiger partial charge is 0.378 e. The Morgan fingerprint density at radius 3 is 2.81 bits per heavy atom. The number of rotatable bonds is 0. The molecule has 0 aliphatic carbocycles. The molecule has 0 bridgehead atoms. The maximum Gasteiger partial charge on any atom is 0.120 e. The van der Waals surface area contributed by atoms with Crippen molar-refractivity contribution < 1.29 is 5.11 Å². The first-order chi connectivity index (χ1) is 7.47. The van der Waals surface area contributed by atoms with Gasteiger partial charge in [0.25, 0.3) is 0 Å². The lowest BCUT2D eigenvalue weighted by atomic mass is 10.1. The molecule has 0 fully saturated rings. The molecule has 2 rings (SSSR count). The van der Waals surface area contributed by atoms with Crippen molar-refractivity contribution in [3.63, 3.8) is 0 Å². The van der Waals surface area contributed by atoms with Crippen LogP contribution in [0.4, 0.5) is 0 Å². The molecule has 2 aromatic rings. The van der Waals surface area contributed by atoms with E-state index in [9.17, 15) is 5.11 Å². The van der Waals surface area contributed by atoms with Crippen LogP contribution in [0.5, 0.6) is 0 Å². The van der Waals surface area contributed by atoms with Crippen molar-refractivity contribution in [2.24, 2.45) is 0 Å². The predicted octanol–water partition coefficient (Wildman–Crippen LogP) is 2.73. The van der Waals surface area contributed by atoms with Gasteiger partial charge in [0, 0.05) is 28.7 Å². The van der Waals surface area contributed by atoms with Crippen LogP contribution >= 0.6 is 11.3 Å². The number of thiophene rings is 1. The topological polar surface area (TPSA) is 33.1 Å². The van der Waals surface area contributed by atoms with Crippen molar-refractivity contribution in [3.05, 3.63) is 28.9 Å². The van der Waals surface area contributed by atoms with E-state index < -0.39 is 5.60 Å². The maximum atomic E-state index is 9.58. The molecule has 16 heavy (non-hydrogen) atoms. The van der Waals surface area contributed by atoms with E-state index in [2.05, 4.69) is 16.8 Å². The Bertz CT molecular complexity index is 581. The highest BCUT2D eigenvalue weighted by atomic mass is 32.1. The van der Waals surface area contributed by atoms with Crippen LogP contribution in [0.15, 0.2) is 17.8 Å². The Kier molecular flexibility index (Phi) is 2.71. The Morgan fingerprint density at radius 2 is 2.12 bits per heavy atom. The van der Waals surface area contributed by atoms with Gasteiger partial charge in [-0.1, -0.05) is 11.8 Å². The summed E-state index contributed by atoms with van der Waals surface area (Å²) < 4.78 is 1.14. The highest BCUT2D eigenvalue weighted by Gasteiger charge is 2.08. The van der Waals surface area contributed by atoms with Gasteiger partial charge in [-0.2, -0.15) is 0 Å². The maximum absolute atomic E-state index is 9.58. The molecule has 2 aromatic heterocycles. The lowest BCUT2D eigenvalue weighted by Crippen LogP contribution is -2.14. The fraction of sp³-hybridized carbons (Fsp3) is 0.308. The number of aliphatic hydroxyl groups is 1. The minimum absolute atomic E-state index is 0.949. The molecule has 0 saturated heterocycles. The van der Waals surface area contributed by atoms with E-state index in [0.717, 1.165) is 21.2 Å². The van der Waals surface area contributed by atoms with Gasteiger partial charge in [0.1, 0.15) is 5.60 Å². The molecule has 1 N–H and O–H groups in total. The molecule has 82 valence electrons. The first-order valence-electron chi connectivity index (χ1n) is 5.05. The normalized spacial score (nSPS) is 11.2. The molecule has 3 heteroatoms. The van der Waals surface area contributed by atoms with E-state index in [4.69, 9.17) is 0 Å². The van der Waals surface area contributed by atoms with E-state index in [1.54, 1.807) is 25.2 Å². The molecule has 0 spiro atoms. The number of aromatic nitrogens is 1. The second-order valence-corrected chi connectivity index (χ2v) is 5.20. The first kappa shape index (κ1) is 11.1. The van der Waals surface area contributed by atoms with Crippen LogP contribution in [-0.4, -0.2) is 15.7 Å². The molecule has 2 nitrogen and oxygen atoms in total.